The van der Waals surface area contributed by atoms with Crippen molar-refractivity contribution in [3.05, 3.63) is 20.8 Å². The van der Waals surface area contributed by atoms with E-state index >= 15 is 0 Å². The van der Waals surface area contributed by atoms with Crippen LogP contribution in [0.15, 0.2) is 15.9 Å². The molecule has 0 spiro atoms. The lowest BCUT2D eigenvalue weighted by Crippen LogP contribution is -2.51. The summed E-state index contributed by atoms with van der Waals surface area (Å²) in [4.78, 5) is 25.2. The van der Waals surface area contributed by atoms with Gasteiger partial charge in [-0.15, -0.1) is 11.3 Å². The Balaban J connectivity index is 2.13. The van der Waals surface area contributed by atoms with Crippen molar-refractivity contribution in [1.29, 1.82) is 0 Å². The number of carbonyl (C=O) groups is 2. The maximum Gasteiger partial charge on any atom is 0.243 e. The number of nitrogens with one attached hydrogen (secondary N) is 1. The van der Waals surface area contributed by atoms with E-state index in [9.17, 15) is 9.59 Å². The van der Waals surface area contributed by atoms with Gasteiger partial charge in [0.05, 0.1) is 19.6 Å². The highest BCUT2D eigenvalue weighted by Gasteiger charge is 2.26. The van der Waals surface area contributed by atoms with Crippen molar-refractivity contribution in [2.24, 2.45) is 0 Å². The van der Waals surface area contributed by atoms with E-state index in [0.29, 0.717) is 6.54 Å². The lowest BCUT2D eigenvalue weighted by molar-refractivity contribution is -0.147. The molecule has 15 heavy (non-hydrogen) atoms. The van der Waals surface area contributed by atoms with Gasteiger partial charge >= 0.3 is 0 Å². The molecule has 4 nitrogen and oxygen atoms in total. The minimum absolute atomic E-state index is 0.161. The maximum absolute atomic E-state index is 11.5. The predicted molar refractivity (Wildman–Crippen MR) is 60.4 cm³/mol. The Hall–Kier alpha value is -0.720. The summed E-state index contributed by atoms with van der Waals surface area (Å²) in [5.41, 5.74) is 0. The SMILES string of the molecule is O=C1CNCC(=O)N1Cc1sccc1Br. The summed E-state index contributed by atoms with van der Waals surface area (Å²) in [6, 6.07) is 1.91. The molecule has 1 fully saturated rings. The second-order valence-electron chi connectivity index (χ2n) is 3.17. The number of imide groups is 1. The highest BCUT2D eigenvalue weighted by molar-refractivity contribution is 9.10. The van der Waals surface area contributed by atoms with Gasteiger partial charge in [-0.1, -0.05) is 0 Å². The fraction of sp³-hybridized carbons (Fsp3) is 0.333. The van der Waals surface area contributed by atoms with E-state index in [1.165, 1.54) is 16.2 Å². The number of nitrogens with zero attached hydrogens (tertiary/aromatic N) is 1. The standard InChI is InChI=1S/C9H9BrN2O2S/c10-6-1-2-15-7(6)5-12-8(13)3-11-4-9(12)14/h1-2,11H,3-5H2. The van der Waals surface area contributed by atoms with Crippen LogP contribution in [-0.2, 0) is 16.1 Å². The molecule has 1 N–H and O–H groups in total. The van der Waals surface area contributed by atoms with E-state index in [1.54, 1.807) is 0 Å². The average molecular weight is 289 g/mol. The van der Waals surface area contributed by atoms with Gasteiger partial charge < -0.3 is 0 Å². The van der Waals surface area contributed by atoms with Gasteiger partial charge in [-0.3, -0.25) is 19.8 Å². The Morgan fingerprint density at radius 3 is 2.60 bits per heavy atom. The van der Waals surface area contributed by atoms with Crippen LogP contribution >= 0.6 is 27.3 Å². The third kappa shape index (κ3) is 2.27. The van der Waals surface area contributed by atoms with Crippen LogP contribution in [0.3, 0.4) is 0 Å². The highest BCUT2D eigenvalue weighted by Crippen LogP contribution is 2.24. The Kier molecular flexibility index (Phi) is 3.18. The zero-order valence-corrected chi connectivity index (χ0v) is 10.2. The zero-order valence-electron chi connectivity index (χ0n) is 7.83. The molecule has 0 radical (unpaired) electrons. The van der Waals surface area contributed by atoms with Crippen molar-refractivity contribution >= 4 is 39.1 Å². The summed E-state index contributed by atoms with van der Waals surface area (Å²) in [7, 11) is 0. The van der Waals surface area contributed by atoms with Crippen molar-refractivity contribution < 1.29 is 9.59 Å². The fourth-order valence-corrected chi connectivity index (χ4v) is 2.83. The molecule has 2 heterocycles. The Morgan fingerprint density at radius 2 is 2.07 bits per heavy atom. The first-order valence-corrected chi connectivity index (χ1v) is 6.11. The number of halogens is 1. The maximum atomic E-state index is 11.5. The van der Waals surface area contributed by atoms with Gasteiger partial charge in [0.1, 0.15) is 0 Å². The second kappa shape index (κ2) is 4.42. The molecule has 0 unspecified atom stereocenters. The van der Waals surface area contributed by atoms with Crippen molar-refractivity contribution in [3.63, 3.8) is 0 Å². The van der Waals surface area contributed by atoms with E-state index in [1.807, 2.05) is 11.4 Å². The molecule has 0 aromatic carbocycles. The zero-order chi connectivity index (χ0) is 10.8. The van der Waals surface area contributed by atoms with Crippen molar-refractivity contribution in [3.8, 4) is 0 Å². The summed E-state index contributed by atoms with van der Waals surface area (Å²) in [6.45, 7) is 0.862. The first-order chi connectivity index (χ1) is 7.18. The summed E-state index contributed by atoms with van der Waals surface area (Å²) < 4.78 is 0.951. The van der Waals surface area contributed by atoms with Gasteiger partial charge in [-0.2, -0.15) is 0 Å². The van der Waals surface area contributed by atoms with Crippen molar-refractivity contribution in [2.75, 3.05) is 13.1 Å². The van der Waals surface area contributed by atoms with Gasteiger partial charge in [0.25, 0.3) is 0 Å². The summed E-state index contributed by atoms with van der Waals surface area (Å²) in [6.07, 6.45) is 0. The third-order valence-electron chi connectivity index (χ3n) is 2.15. The number of hydrogen-bond donors (Lipinski definition) is 1. The molecule has 2 amide bonds. The number of hydrogen-bond acceptors (Lipinski definition) is 4. The largest absolute Gasteiger partial charge is 0.300 e. The Labute approximate surface area is 99.4 Å². The average Bonchev–Trinajstić information content (AvgIpc) is 2.58. The third-order valence-corrected chi connectivity index (χ3v) is 4.06. The summed E-state index contributed by atoms with van der Waals surface area (Å²) in [5, 5.41) is 4.69. The summed E-state index contributed by atoms with van der Waals surface area (Å²) in [5.74, 6) is -0.321. The molecule has 0 aliphatic carbocycles. The quantitative estimate of drug-likeness (QED) is 0.825. The van der Waals surface area contributed by atoms with E-state index in [0.717, 1.165) is 9.35 Å². The van der Waals surface area contributed by atoms with Crippen molar-refractivity contribution in [2.45, 2.75) is 6.54 Å². The van der Waals surface area contributed by atoms with Crippen LogP contribution in [0.4, 0.5) is 0 Å². The lowest BCUT2D eigenvalue weighted by atomic mass is 10.3. The molecular weight excluding hydrogens is 280 g/mol. The highest BCUT2D eigenvalue weighted by atomic mass is 79.9. The van der Waals surface area contributed by atoms with Crippen LogP contribution in [0.1, 0.15) is 4.88 Å². The number of piperazine rings is 1. The molecule has 0 atom stereocenters. The van der Waals surface area contributed by atoms with E-state index in [2.05, 4.69) is 21.2 Å². The topological polar surface area (TPSA) is 49.4 Å². The van der Waals surface area contributed by atoms with Crippen molar-refractivity contribution in [1.82, 2.24) is 10.2 Å². The lowest BCUT2D eigenvalue weighted by Gasteiger charge is -2.25. The monoisotopic (exact) mass is 288 g/mol. The predicted octanol–water partition coefficient (Wildman–Crippen LogP) is 0.969. The molecule has 0 bridgehead atoms. The van der Waals surface area contributed by atoms with Crippen LogP contribution in [0.2, 0.25) is 0 Å². The van der Waals surface area contributed by atoms with E-state index < -0.39 is 0 Å². The molecule has 2 rings (SSSR count). The normalized spacial score (nSPS) is 17.3. The van der Waals surface area contributed by atoms with Gasteiger partial charge in [0, 0.05) is 9.35 Å². The van der Waals surface area contributed by atoms with Crippen LogP contribution in [0.25, 0.3) is 0 Å². The number of carbonyl (C=O) groups excluding carboxylic acids is 2. The second-order valence-corrected chi connectivity index (χ2v) is 5.02. The van der Waals surface area contributed by atoms with Gasteiger partial charge in [-0.25, -0.2) is 0 Å². The van der Waals surface area contributed by atoms with Crippen LogP contribution in [-0.4, -0.2) is 29.8 Å². The molecule has 1 aromatic heterocycles. The first kappa shape index (κ1) is 10.8. The van der Waals surface area contributed by atoms with Crippen LogP contribution in [0, 0.1) is 0 Å². The van der Waals surface area contributed by atoms with Crippen LogP contribution < -0.4 is 5.32 Å². The van der Waals surface area contributed by atoms with E-state index in [4.69, 9.17) is 0 Å². The van der Waals surface area contributed by atoms with Gasteiger partial charge in [0.2, 0.25) is 11.8 Å². The summed E-state index contributed by atoms with van der Waals surface area (Å²) >= 11 is 4.91. The first-order valence-electron chi connectivity index (χ1n) is 4.44. The minimum Gasteiger partial charge on any atom is -0.300 e. The molecule has 0 saturated carbocycles. The number of amides is 2. The van der Waals surface area contributed by atoms with Gasteiger partial charge in [-0.05, 0) is 27.4 Å². The molecule has 6 heteroatoms. The smallest absolute Gasteiger partial charge is 0.243 e. The van der Waals surface area contributed by atoms with E-state index in [-0.39, 0.29) is 24.9 Å². The Bertz CT molecular complexity index is 389. The fourth-order valence-electron chi connectivity index (χ4n) is 1.36. The molecule has 1 aromatic rings. The number of rotatable bonds is 2. The molecule has 1 aliphatic rings. The minimum atomic E-state index is -0.161. The molecular formula is C9H9BrN2O2S. The Morgan fingerprint density at radius 1 is 1.40 bits per heavy atom. The molecule has 1 saturated heterocycles. The molecule has 1 aliphatic heterocycles. The molecule has 80 valence electrons. The van der Waals surface area contributed by atoms with Crippen LogP contribution in [0.5, 0.6) is 0 Å². The van der Waals surface area contributed by atoms with Gasteiger partial charge in [0.15, 0.2) is 0 Å². The number of thiophene rings is 1.